The third-order valence-corrected chi connectivity index (χ3v) is 11.5. The Morgan fingerprint density at radius 3 is 2.43 bits per heavy atom. The summed E-state index contributed by atoms with van der Waals surface area (Å²) in [6, 6.07) is 25.4. The zero-order valence-corrected chi connectivity index (χ0v) is 17.8. The second kappa shape index (κ2) is 6.31. The molecule has 1 aromatic heterocycles. The molecule has 1 atom stereocenters. The molecule has 28 heavy (non-hydrogen) atoms. The molecule has 0 radical (unpaired) electrons. The summed E-state index contributed by atoms with van der Waals surface area (Å²) in [6.07, 6.45) is 0. The summed E-state index contributed by atoms with van der Waals surface area (Å²) in [5.74, 6) is 0. The Morgan fingerprint density at radius 1 is 0.929 bits per heavy atom. The molecule has 140 valence electrons. The summed E-state index contributed by atoms with van der Waals surface area (Å²) in [4.78, 5) is 4.57. The average molecular weight is 453 g/mol. The molecule has 0 aliphatic carbocycles. The average Bonchev–Trinajstić information content (AvgIpc) is 3.05. The van der Waals surface area contributed by atoms with E-state index in [1.165, 1.54) is 0 Å². The van der Waals surface area contributed by atoms with Crippen molar-refractivity contribution in [2.75, 3.05) is 0 Å². The predicted octanol–water partition coefficient (Wildman–Crippen LogP) is 3.07. The van der Waals surface area contributed by atoms with Gasteiger partial charge in [-0.05, 0) is 0 Å². The molecule has 1 unspecified atom stereocenters. The first kappa shape index (κ1) is 17.7. The third kappa shape index (κ3) is 2.49. The topological polar surface area (TPSA) is 52.0 Å². The third-order valence-electron chi connectivity index (χ3n) is 5.26. The number of imidazole rings is 1. The second-order valence-electron chi connectivity index (χ2n) is 6.99. The molecule has 0 saturated carbocycles. The molecular formula is C22H18N2O2SSe. The van der Waals surface area contributed by atoms with E-state index < -0.39 is 13.5 Å². The fourth-order valence-corrected chi connectivity index (χ4v) is 9.31. The summed E-state index contributed by atoms with van der Waals surface area (Å²) < 4.78 is 29.9. The molecule has 3 aromatic carbocycles. The van der Waals surface area contributed by atoms with Crippen LogP contribution in [0.15, 0.2) is 84.0 Å². The molecular weight excluding hydrogens is 435 g/mol. The van der Waals surface area contributed by atoms with Crippen LogP contribution in [0.5, 0.6) is 0 Å². The first-order valence-electron chi connectivity index (χ1n) is 9.03. The zero-order chi connectivity index (χ0) is 19.4. The molecule has 0 bridgehead atoms. The van der Waals surface area contributed by atoms with Crippen molar-refractivity contribution in [1.29, 1.82) is 0 Å². The van der Waals surface area contributed by atoms with Gasteiger partial charge in [-0.25, -0.2) is 0 Å². The van der Waals surface area contributed by atoms with Crippen molar-refractivity contribution >= 4 is 40.3 Å². The monoisotopic (exact) mass is 454 g/mol. The number of fused-ring (bicyclic) bond motifs is 4. The van der Waals surface area contributed by atoms with Gasteiger partial charge in [-0.1, -0.05) is 0 Å². The first-order valence-corrected chi connectivity index (χ1v) is 12.2. The number of hydrogen-bond donors (Lipinski definition) is 0. The van der Waals surface area contributed by atoms with Crippen LogP contribution in [0.1, 0.15) is 18.1 Å². The number of hydrogen-bond acceptors (Lipinski definition) is 3. The summed E-state index contributed by atoms with van der Waals surface area (Å²) in [5.41, 5.74) is 3.49. The zero-order valence-electron chi connectivity index (χ0n) is 15.2. The molecule has 6 heteroatoms. The van der Waals surface area contributed by atoms with Gasteiger partial charge < -0.3 is 0 Å². The normalized spacial score (nSPS) is 20.3. The summed E-state index contributed by atoms with van der Waals surface area (Å²) in [5, 5.41) is 0.171. The van der Waals surface area contributed by atoms with Gasteiger partial charge in [0.05, 0.1) is 0 Å². The summed E-state index contributed by atoms with van der Waals surface area (Å²) >= 11 is -0.323. The molecule has 0 N–H and O–H groups in total. The Labute approximate surface area is 170 Å². The van der Waals surface area contributed by atoms with E-state index in [-0.39, 0.29) is 20.1 Å². The van der Waals surface area contributed by atoms with Crippen LogP contribution in [0.3, 0.4) is 0 Å². The van der Waals surface area contributed by atoms with Crippen molar-refractivity contribution in [1.82, 2.24) is 9.55 Å². The van der Waals surface area contributed by atoms with E-state index in [9.17, 15) is 8.42 Å². The maximum absolute atomic E-state index is 14.0. The fraction of sp³-hybridized carbons (Fsp3) is 0.136. The number of nitrogens with zero attached hydrogens (tertiary/aromatic N) is 2. The van der Waals surface area contributed by atoms with Gasteiger partial charge in [0, 0.05) is 0 Å². The summed E-state index contributed by atoms with van der Waals surface area (Å²) in [6.45, 7) is 2.37. The van der Waals surface area contributed by atoms with Gasteiger partial charge in [-0.3, -0.25) is 0 Å². The van der Waals surface area contributed by atoms with Crippen LogP contribution < -0.4 is 4.46 Å². The molecule has 0 saturated heterocycles. The Balaban J connectivity index is 1.83. The molecule has 5 rings (SSSR count). The molecule has 1 aliphatic heterocycles. The van der Waals surface area contributed by atoms with E-state index in [0.29, 0.717) is 6.54 Å². The molecule has 0 spiro atoms. The quantitative estimate of drug-likeness (QED) is 0.439. The van der Waals surface area contributed by atoms with Crippen molar-refractivity contribution in [3.8, 4) is 0 Å². The van der Waals surface area contributed by atoms with Crippen LogP contribution in [-0.2, 0) is 20.0 Å². The first-order chi connectivity index (χ1) is 13.5. The van der Waals surface area contributed by atoms with Gasteiger partial charge in [0.25, 0.3) is 0 Å². The number of rotatable bonds is 2. The van der Waals surface area contributed by atoms with Crippen molar-refractivity contribution < 1.29 is 8.42 Å². The van der Waals surface area contributed by atoms with Gasteiger partial charge in [0.2, 0.25) is 0 Å². The number of aromatic nitrogens is 2. The van der Waals surface area contributed by atoms with Crippen LogP contribution in [-0.4, -0.2) is 32.9 Å². The molecule has 1 aliphatic rings. The van der Waals surface area contributed by atoms with Crippen LogP contribution in [0.2, 0.25) is 0 Å². The van der Waals surface area contributed by atoms with E-state index in [4.69, 9.17) is 0 Å². The van der Waals surface area contributed by atoms with Crippen LogP contribution in [0.4, 0.5) is 0 Å². The van der Waals surface area contributed by atoms with Gasteiger partial charge in [0.1, 0.15) is 0 Å². The number of para-hydroxylation sites is 2. The Morgan fingerprint density at radius 2 is 1.61 bits per heavy atom. The van der Waals surface area contributed by atoms with E-state index in [2.05, 4.69) is 4.98 Å². The number of benzene rings is 3. The van der Waals surface area contributed by atoms with Crippen LogP contribution in [0.25, 0.3) is 11.0 Å². The summed E-state index contributed by atoms with van der Waals surface area (Å²) in [7, 11) is -3.71. The Hall–Kier alpha value is -2.40. The molecule has 4 aromatic rings. The molecule has 2 heterocycles. The van der Waals surface area contributed by atoms with Gasteiger partial charge >= 0.3 is 171 Å². The predicted molar refractivity (Wildman–Crippen MR) is 112 cm³/mol. The van der Waals surface area contributed by atoms with Crippen molar-refractivity contribution in [3.63, 3.8) is 0 Å². The van der Waals surface area contributed by atoms with Crippen molar-refractivity contribution in [3.05, 3.63) is 90.0 Å². The minimum absolute atomic E-state index is 0.171. The maximum atomic E-state index is 14.0. The van der Waals surface area contributed by atoms with Gasteiger partial charge in [-0.2, -0.15) is 0 Å². The van der Waals surface area contributed by atoms with Gasteiger partial charge in [0.15, 0.2) is 0 Å². The van der Waals surface area contributed by atoms with Crippen LogP contribution in [0, 0.1) is 0 Å². The SMILES string of the molecule is CC1([Se]c2ccccc2)c2ccccc2Cn2c(nc3ccccc32)S1(=O)=O. The fourth-order valence-electron chi connectivity index (χ4n) is 3.83. The standard InChI is InChI=1S/C22H18N2O2SSe/c1-22(28-17-10-3-2-4-11-17)18-12-6-5-9-16(18)15-24-20-14-8-7-13-19(20)23-21(24)27(22,25)26/h2-14H,15H2,1H3. The minimum atomic E-state index is -3.71. The van der Waals surface area contributed by atoms with Crippen LogP contribution >= 0.6 is 0 Å². The molecule has 4 nitrogen and oxygen atoms in total. The Kier molecular flexibility index (Phi) is 3.98. The second-order valence-corrected chi connectivity index (χ2v) is 12.9. The van der Waals surface area contributed by atoms with Gasteiger partial charge in [-0.15, -0.1) is 0 Å². The van der Waals surface area contributed by atoms with E-state index >= 15 is 0 Å². The van der Waals surface area contributed by atoms with Crippen molar-refractivity contribution in [2.45, 2.75) is 22.3 Å². The van der Waals surface area contributed by atoms with E-state index in [1.807, 2.05) is 90.4 Å². The molecule has 0 fully saturated rings. The number of sulfone groups is 1. The molecule has 0 amide bonds. The van der Waals surface area contributed by atoms with E-state index in [1.54, 1.807) is 0 Å². The van der Waals surface area contributed by atoms with E-state index in [0.717, 1.165) is 26.6 Å². The van der Waals surface area contributed by atoms with Crippen molar-refractivity contribution in [2.24, 2.45) is 0 Å². The Bertz CT molecular complexity index is 1300.